The van der Waals surface area contributed by atoms with Gasteiger partial charge < -0.3 is 0 Å². The first-order valence-corrected chi connectivity index (χ1v) is 4.95. The molecule has 60 valence electrons. The molecule has 0 bridgehead atoms. The van der Waals surface area contributed by atoms with Crippen molar-refractivity contribution in [1.29, 1.82) is 0 Å². The zero-order chi connectivity index (χ0) is 8.48. The first kappa shape index (κ1) is 9.08. The number of rotatable bonds is 1. The van der Waals surface area contributed by atoms with E-state index in [1.807, 2.05) is 12.2 Å². The van der Waals surface area contributed by atoms with Crippen LogP contribution in [0.4, 0.5) is 0 Å². The quantitative estimate of drug-likeness (QED) is 0.672. The van der Waals surface area contributed by atoms with E-state index in [4.69, 9.17) is 5.11 Å². The van der Waals surface area contributed by atoms with Crippen molar-refractivity contribution in [3.63, 3.8) is 0 Å². The van der Waals surface area contributed by atoms with Gasteiger partial charge in [0.1, 0.15) is 0 Å². The molecule has 2 nitrogen and oxygen atoms in total. The summed E-state index contributed by atoms with van der Waals surface area (Å²) in [5.74, 6) is -1.22. The van der Waals surface area contributed by atoms with Gasteiger partial charge in [0.2, 0.25) is 0 Å². The van der Waals surface area contributed by atoms with E-state index in [2.05, 4.69) is 32.0 Å². The molecule has 1 N–H and O–H groups in total. The summed E-state index contributed by atoms with van der Waals surface area (Å²) in [6.07, 6.45) is 7.18. The summed E-state index contributed by atoms with van der Waals surface area (Å²) in [7, 11) is 0. The minimum atomic E-state index is -0.785. The van der Waals surface area contributed by atoms with Crippen molar-refractivity contribution in [3.8, 4) is 0 Å². The normalized spacial score (nSPS) is 26.9. The topological polar surface area (TPSA) is 37.3 Å². The van der Waals surface area contributed by atoms with Crippen molar-refractivity contribution >= 4 is 38.0 Å². The third-order valence-corrected chi connectivity index (χ3v) is 3.27. The van der Waals surface area contributed by atoms with Crippen LogP contribution < -0.4 is 0 Å². The van der Waals surface area contributed by atoms with Crippen LogP contribution in [0.3, 0.4) is 0 Å². The molecule has 0 aromatic rings. The van der Waals surface area contributed by atoms with Gasteiger partial charge in [-0.15, -0.1) is 0 Å². The number of hydrogen-bond donors (Lipinski definition) is 1. The monoisotopic (exact) mass is 284 g/mol. The Bertz CT molecular complexity index is 231. The van der Waals surface area contributed by atoms with Gasteiger partial charge in [-0.25, -0.2) is 0 Å². The standard InChI is InChI=1S/C7H8O2Se2/c8-6(9)5-3-1-2-4-7(5,10)11/h1-5,10-11H,(H,8,9). The van der Waals surface area contributed by atoms with Gasteiger partial charge in [-0.1, -0.05) is 0 Å². The molecule has 0 aliphatic heterocycles. The fraction of sp³-hybridized carbons (Fsp3) is 0.286. The van der Waals surface area contributed by atoms with Gasteiger partial charge in [0, 0.05) is 0 Å². The Morgan fingerprint density at radius 1 is 1.45 bits per heavy atom. The molecule has 11 heavy (non-hydrogen) atoms. The van der Waals surface area contributed by atoms with Crippen molar-refractivity contribution in [3.05, 3.63) is 24.3 Å². The van der Waals surface area contributed by atoms with Gasteiger partial charge in [-0.3, -0.25) is 0 Å². The second kappa shape index (κ2) is 3.16. The average molecular weight is 282 g/mol. The van der Waals surface area contributed by atoms with Crippen LogP contribution in [0.5, 0.6) is 0 Å². The minimum absolute atomic E-state index is 0.374. The first-order valence-electron chi connectivity index (χ1n) is 3.07. The molecule has 0 aromatic heterocycles. The Morgan fingerprint density at radius 3 is 2.45 bits per heavy atom. The van der Waals surface area contributed by atoms with Gasteiger partial charge in [0.25, 0.3) is 0 Å². The summed E-state index contributed by atoms with van der Waals surface area (Å²) in [4.78, 5) is 10.7. The van der Waals surface area contributed by atoms with Crippen molar-refractivity contribution in [2.45, 2.75) is 3.21 Å². The molecular weight excluding hydrogens is 274 g/mol. The molecule has 0 saturated carbocycles. The Hall–Kier alpha value is -0.0110. The summed E-state index contributed by atoms with van der Waals surface area (Å²) < 4.78 is -0.374. The SMILES string of the molecule is O=C(O)C1C=CC=CC1([SeH])[SeH]. The third kappa shape index (κ3) is 1.97. The van der Waals surface area contributed by atoms with Gasteiger partial charge in [-0.05, 0) is 0 Å². The van der Waals surface area contributed by atoms with Crippen molar-refractivity contribution in [1.82, 2.24) is 0 Å². The number of carbonyl (C=O) groups is 1. The zero-order valence-electron chi connectivity index (χ0n) is 5.64. The van der Waals surface area contributed by atoms with Crippen LogP contribution in [0.2, 0.25) is 3.21 Å². The van der Waals surface area contributed by atoms with E-state index in [1.54, 1.807) is 12.2 Å². The fourth-order valence-electron chi connectivity index (χ4n) is 0.882. The zero-order valence-corrected chi connectivity index (χ0v) is 9.39. The fourth-order valence-corrected chi connectivity index (χ4v) is 2.07. The van der Waals surface area contributed by atoms with Crippen molar-refractivity contribution in [2.75, 3.05) is 0 Å². The molecule has 0 aromatic carbocycles. The molecule has 0 fully saturated rings. The van der Waals surface area contributed by atoms with Crippen molar-refractivity contribution in [2.24, 2.45) is 5.92 Å². The number of allylic oxidation sites excluding steroid dienone is 3. The van der Waals surface area contributed by atoms with Crippen LogP contribution in [0.25, 0.3) is 0 Å². The number of carboxylic acid groups (broad SMARTS) is 1. The predicted octanol–water partition coefficient (Wildman–Crippen LogP) is -0.269. The summed E-state index contributed by atoms with van der Waals surface area (Å²) in [5, 5.41) is 8.77. The Morgan fingerprint density at radius 2 is 2.09 bits per heavy atom. The molecule has 1 aliphatic rings. The molecule has 0 radical (unpaired) electrons. The van der Waals surface area contributed by atoms with Crippen LogP contribution in [-0.2, 0) is 4.79 Å². The molecule has 1 unspecified atom stereocenters. The van der Waals surface area contributed by atoms with E-state index in [-0.39, 0.29) is 3.21 Å². The molecular formula is C7H8O2Se2. The molecule has 0 amide bonds. The van der Waals surface area contributed by atoms with Crippen molar-refractivity contribution < 1.29 is 9.90 Å². The first-order chi connectivity index (χ1) is 5.04. The van der Waals surface area contributed by atoms with E-state index >= 15 is 0 Å². The number of hydrogen-bond acceptors (Lipinski definition) is 1. The third-order valence-electron chi connectivity index (χ3n) is 1.48. The average Bonchev–Trinajstić information content (AvgIpc) is 1.85. The van der Waals surface area contributed by atoms with Crippen LogP contribution in [0.1, 0.15) is 0 Å². The van der Waals surface area contributed by atoms with Crippen LogP contribution in [0.15, 0.2) is 24.3 Å². The Labute approximate surface area is 81.4 Å². The molecule has 1 atom stereocenters. The summed E-state index contributed by atoms with van der Waals surface area (Å²) in [6.45, 7) is 0. The van der Waals surface area contributed by atoms with E-state index in [1.165, 1.54) is 0 Å². The Balaban J connectivity index is 2.89. The maximum atomic E-state index is 10.7. The molecule has 4 heteroatoms. The summed E-state index contributed by atoms with van der Waals surface area (Å²) >= 11 is 4.73. The molecule has 0 spiro atoms. The summed E-state index contributed by atoms with van der Waals surface area (Å²) in [6, 6.07) is 0. The van der Waals surface area contributed by atoms with Crippen LogP contribution in [-0.4, -0.2) is 43.1 Å². The van der Waals surface area contributed by atoms with Crippen LogP contribution >= 0.6 is 0 Å². The summed E-state index contributed by atoms with van der Waals surface area (Å²) in [5.41, 5.74) is 0. The Kier molecular flexibility index (Phi) is 2.61. The number of carboxylic acids is 1. The maximum absolute atomic E-state index is 10.7. The van der Waals surface area contributed by atoms with Gasteiger partial charge in [0.15, 0.2) is 0 Å². The molecule has 1 rings (SSSR count). The second-order valence-corrected chi connectivity index (χ2v) is 7.11. The predicted molar refractivity (Wildman–Crippen MR) is 46.4 cm³/mol. The number of aliphatic carboxylic acids is 1. The van der Waals surface area contributed by atoms with Crippen LogP contribution in [0, 0.1) is 5.92 Å². The second-order valence-electron chi connectivity index (χ2n) is 2.34. The van der Waals surface area contributed by atoms with Gasteiger partial charge in [0.05, 0.1) is 0 Å². The molecule has 0 saturated heterocycles. The molecule has 1 aliphatic carbocycles. The van der Waals surface area contributed by atoms with E-state index < -0.39 is 11.9 Å². The van der Waals surface area contributed by atoms with Gasteiger partial charge in [-0.2, -0.15) is 0 Å². The van der Waals surface area contributed by atoms with Gasteiger partial charge >= 0.3 is 81.3 Å². The molecule has 0 heterocycles. The van der Waals surface area contributed by atoms with E-state index in [9.17, 15) is 4.79 Å². The van der Waals surface area contributed by atoms with E-state index in [0.717, 1.165) is 0 Å². The van der Waals surface area contributed by atoms with E-state index in [0.29, 0.717) is 0 Å².